The Kier molecular flexibility index (Phi) is 6.04. The summed E-state index contributed by atoms with van der Waals surface area (Å²) in [6, 6.07) is 0.287. The number of carbonyl (C=O) groups is 2. The van der Waals surface area contributed by atoms with E-state index < -0.39 is 0 Å². The molecule has 0 bridgehead atoms. The molecule has 1 aromatic rings. The molecule has 1 N–H and O–H groups in total. The van der Waals surface area contributed by atoms with Gasteiger partial charge in [-0.05, 0) is 32.6 Å². The number of likely N-dealkylation sites (tertiary alicyclic amines) is 1. The molecule has 0 spiro atoms. The van der Waals surface area contributed by atoms with Crippen molar-refractivity contribution in [2.45, 2.75) is 76.8 Å². The normalized spacial score (nSPS) is 20.5. The predicted octanol–water partition coefficient (Wildman–Crippen LogP) is 2.36. The fourth-order valence-corrected chi connectivity index (χ4v) is 3.92. The Morgan fingerprint density at radius 3 is 2.88 bits per heavy atom. The molecule has 1 aliphatic heterocycles. The first-order valence-electron chi connectivity index (χ1n) is 9.61. The van der Waals surface area contributed by atoms with Gasteiger partial charge in [0.15, 0.2) is 5.82 Å². The van der Waals surface area contributed by atoms with E-state index >= 15 is 0 Å². The average molecular weight is 347 g/mol. The minimum Gasteiger partial charge on any atom is -0.346 e. The molecule has 25 heavy (non-hydrogen) atoms. The van der Waals surface area contributed by atoms with E-state index in [0.29, 0.717) is 25.4 Å². The first-order valence-corrected chi connectivity index (χ1v) is 9.61. The molecule has 0 aromatic carbocycles. The molecule has 1 saturated heterocycles. The molecule has 2 aliphatic rings. The summed E-state index contributed by atoms with van der Waals surface area (Å²) < 4.78 is 2.12. The number of aromatic nitrogens is 3. The third-order valence-corrected chi connectivity index (χ3v) is 5.36. The highest BCUT2D eigenvalue weighted by molar-refractivity contribution is 5.79. The van der Waals surface area contributed by atoms with E-state index in [1.165, 1.54) is 12.8 Å². The Labute approximate surface area is 149 Å². The number of carbonyl (C=O) groups excluding carboxylic acids is 2. The lowest BCUT2D eigenvalue weighted by atomic mass is 10.2. The molecule has 7 nitrogen and oxygen atoms in total. The van der Waals surface area contributed by atoms with Gasteiger partial charge in [0.1, 0.15) is 6.33 Å². The lowest BCUT2D eigenvalue weighted by molar-refractivity contribution is -0.131. The maximum Gasteiger partial charge on any atom is 0.222 e. The van der Waals surface area contributed by atoms with Crippen molar-refractivity contribution in [1.82, 2.24) is 25.0 Å². The van der Waals surface area contributed by atoms with Crippen LogP contribution in [0.5, 0.6) is 0 Å². The largest absolute Gasteiger partial charge is 0.346 e. The summed E-state index contributed by atoms with van der Waals surface area (Å²) in [4.78, 5) is 26.1. The molecule has 2 fully saturated rings. The van der Waals surface area contributed by atoms with E-state index in [0.717, 1.165) is 44.5 Å². The van der Waals surface area contributed by atoms with Gasteiger partial charge in [0.2, 0.25) is 11.8 Å². The molecule has 1 atom stereocenters. The van der Waals surface area contributed by atoms with Crippen LogP contribution in [0, 0.1) is 0 Å². The Balaban J connectivity index is 1.51. The van der Waals surface area contributed by atoms with Gasteiger partial charge in [-0.15, -0.1) is 10.2 Å². The van der Waals surface area contributed by atoms with Crippen molar-refractivity contribution >= 4 is 11.8 Å². The topological polar surface area (TPSA) is 80.1 Å². The Morgan fingerprint density at radius 2 is 2.08 bits per heavy atom. The zero-order chi connectivity index (χ0) is 17.6. The summed E-state index contributed by atoms with van der Waals surface area (Å²) in [6.07, 6.45) is 10.6. The second-order valence-corrected chi connectivity index (χ2v) is 7.27. The summed E-state index contributed by atoms with van der Waals surface area (Å²) in [5.41, 5.74) is 0. The fourth-order valence-electron chi connectivity index (χ4n) is 3.92. The van der Waals surface area contributed by atoms with Crippen LogP contribution >= 0.6 is 0 Å². The van der Waals surface area contributed by atoms with Gasteiger partial charge in [-0.25, -0.2) is 0 Å². The van der Waals surface area contributed by atoms with E-state index in [1.807, 2.05) is 11.8 Å². The van der Waals surface area contributed by atoms with E-state index in [-0.39, 0.29) is 17.9 Å². The molecule has 2 amide bonds. The lowest BCUT2D eigenvalue weighted by Crippen LogP contribution is -2.36. The summed E-state index contributed by atoms with van der Waals surface area (Å²) in [6.45, 7) is 3.23. The Morgan fingerprint density at radius 1 is 1.28 bits per heavy atom. The summed E-state index contributed by atoms with van der Waals surface area (Å²) in [7, 11) is 0. The van der Waals surface area contributed by atoms with Crippen LogP contribution in [0.3, 0.4) is 0 Å². The van der Waals surface area contributed by atoms with Gasteiger partial charge in [0.25, 0.3) is 0 Å². The van der Waals surface area contributed by atoms with E-state index in [4.69, 9.17) is 0 Å². The van der Waals surface area contributed by atoms with Gasteiger partial charge in [-0.2, -0.15) is 0 Å². The number of hydrogen-bond acceptors (Lipinski definition) is 4. The highest BCUT2D eigenvalue weighted by Gasteiger charge is 2.24. The van der Waals surface area contributed by atoms with Crippen molar-refractivity contribution in [3.8, 4) is 0 Å². The molecular formula is C18H29N5O2. The quantitative estimate of drug-likeness (QED) is 0.857. The van der Waals surface area contributed by atoms with Gasteiger partial charge in [0.05, 0.1) is 6.04 Å². The minimum atomic E-state index is -0.171. The molecule has 2 heterocycles. The summed E-state index contributed by atoms with van der Waals surface area (Å²) in [5, 5.41) is 11.3. The van der Waals surface area contributed by atoms with Crippen molar-refractivity contribution in [3.63, 3.8) is 0 Å². The monoisotopic (exact) mass is 347 g/mol. The van der Waals surface area contributed by atoms with Crippen LogP contribution in [-0.2, 0) is 9.59 Å². The Hall–Kier alpha value is -1.92. The van der Waals surface area contributed by atoms with Crippen LogP contribution in [0.25, 0.3) is 0 Å². The van der Waals surface area contributed by atoms with Crippen LogP contribution in [0.15, 0.2) is 6.33 Å². The zero-order valence-electron chi connectivity index (χ0n) is 15.1. The van der Waals surface area contributed by atoms with Crippen molar-refractivity contribution in [3.05, 3.63) is 12.2 Å². The molecule has 1 aromatic heterocycles. The van der Waals surface area contributed by atoms with Crippen LogP contribution < -0.4 is 5.32 Å². The number of nitrogens with zero attached hydrogens (tertiary/aromatic N) is 4. The Bertz CT molecular complexity index is 594. The molecule has 3 rings (SSSR count). The highest BCUT2D eigenvalue weighted by atomic mass is 16.2. The minimum absolute atomic E-state index is 0.0366. The van der Waals surface area contributed by atoms with Crippen LogP contribution in [-0.4, -0.2) is 44.6 Å². The van der Waals surface area contributed by atoms with E-state index in [1.54, 1.807) is 6.33 Å². The van der Waals surface area contributed by atoms with E-state index in [2.05, 4.69) is 20.1 Å². The molecule has 1 saturated carbocycles. The van der Waals surface area contributed by atoms with Crippen LogP contribution in [0.4, 0.5) is 0 Å². The van der Waals surface area contributed by atoms with Crippen molar-refractivity contribution in [2.75, 3.05) is 13.1 Å². The molecular weight excluding hydrogens is 318 g/mol. The molecule has 0 radical (unpaired) electrons. The van der Waals surface area contributed by atoms with Crippen molar-refractivity contribution in [1.29, 1.82) is 0 Å². The van der Waals surface area contributed by atoms with Gasteiger partial charge in [-0.3, -0.25) is 9.59 Å². The zero-order valence-corrected chi connectivity index (χ0v) is 15.1. The third-order valence-electron chi connectivity index (χ3n) is 5.36. The molecule has 7 heteroatoms. The highest BCUT2D eigenvalue weighted by Crippen LogP contribution is 2.31. The third kappa shape index (κ3) is 4.58. The van der Waals surface area contributed by atoms with Crippen LogP contribution in [0.1, 0.15) is 82.6 Å². The second-order valence-electron chi connectivity index (χ2n) is 7.27. The first-order chi connectivity index (χ1) is 12.1. The molecule has 1 unspecified atom stereocenters. The predicted molar refractivity (Wildman–Crippen MR) is 93.7 cm³/mol. The van der Waals surface area contributed by atoms with Crippen molar-refractivity contribution in [2.24, 2.45) is 0 Å². The number of amides is 2. The van der Waals surface area contributed by atoms with Crippen molar-refractivity contribution < 1.29 is 9.59 Å². The summed E-state index contributed by atoms with van der Waals surface area (Å²) >= 11 is 0. The SMILES string of the molecule is CC(NC(=O)CCN1CCCCCC1=O)c1nncn1C1CCCC1. The number of rotatable bonds is 6. The maximum absolute atomic E-state index is 12.3. The number of nitrogens with one attached hydrogen (secondary N) is 1. The van der Waals surface area contributed by atoms with E-state index in [9.17, 15) is 9.59 Å². The van der Waals surface area contributed by atoms with Gasteiger partial charge >= 0.3 is 0 Å². The average Bonchev–Trinajstić information content (AvgIpc) is 3.23. The maximum atomic E-state index is 12.3. The lowest BCUT2D eigenvalue weighted by Gasteiger charge is -2.21. The molecule has 138 valence electrons. The summed E-state index contributed by atoms with van der Waals surface area (Å²) in [5.74, 6) is 0.968. The van der Waals surface area contributed by atoms with Gasteiger partial charge in [0, 0.05) is 32.0 Å². The van der Waals surface area contributed by atoms with Gasteiger partial charge in [-0.1, -0.05) is 19.3 Å². The number of hydrogen-bond donors (Lipinski definition) is 1. The van der Waals surface area contributed by atoms with Gasteiger partial charge < -0.3 is 14.8 Å². The first kappa shape index (κ1) is 17.9. The molecule has 1 aliphatic carbocycles. The second kappa shape index (κ2) is 8.45. The fraction of sp³-hybridized carbons (Fsp3) is 0.778. The smallest absolute Gasteiger partial charge is 0.222 e. The van der Waals surface area contributed by atoms with Crippen LogP contribution in [0.2, 0.25) is 0 Å². The standard InChI is InChI=1S/C18H29N5O2/c1-14(18-21-19-13-23(18)15-7-4-5-8-15)20-16(24)10-12-22-11-6-2-3-9-17(22)25/h13-15H,2-12H2,1H3,(H,20,24).